The molecule has 0 saturated heterocycles. The summed E-state index contributed by atoms with van der Waals surface area (Å²) in [6.45, 7) is 2.51. The highest BCUT2D eigenvalue weighted by Gasteiger charge is 2.12. The lowest BCUT2D eigenvalue weighted by Gasteiger charge is -2.00. The van der Waals surface area contributed by atoms with Crippen molar-refractivity contribution < 1.29 is 9.53 Å². The van der Waals surface area contributed by atoms with Crippen molar-refractivity contribution in [3.8, 4) is 6.07 Å². The number of ether oxygens (including phenoxy) is 1. The molecule has 0 atom stereocenters. The van der Waals surface area contributed by atoms with Gasteiger partial charge < -0.3 is 4.74 Å². The first-order valence-corrected chi connectivity index (χ1v) is 5.78. The minimum absolute atomic E-state index is 0.0514. The van der Waals surface area contributed by atoms with Gasteiger partial charge in [-0.2, -0.15) is 5.26 Å². The average molecular weight is 256 g/mol. The van der Waals surface area contributed by atoms with Crippen molar-refractivity contribution >= 4 is 5.97 Å². The van der Waals surface area contributed by atoms with Gasteiger partial charge in [0.2, 0.25) is 0 Å². The van der Waals surface area contributed by atoms with E-state index in [1.807, 2.05) is 12.1 Å². The van der Waals surface area contributed by atoms with E-state index in [2.05, 4.69) is 16.2 Å². The molecule has 0 radical (unpaired) electrons. The molecule has 2 aromatic rings. The summed E-state index contributed by atoms with van der Waals surface area (Å²) >= 11 is 0. The summed E-state index contributed by atoms with van der Waals surface area (Å²) in [5, 5.41) is 12.7. The van der Waals surface area contributed by atoms with Crippen LogP contribution < -0.4 is 0 Å². The molecule has 0 spiro atoms. The van der Waals surface area contributed by atoms with Gasteiger partial charge in [-0.15, -0.1) is 5.10 Å². The Morgan fingerprint density at radius 3 is 2.79 bits per heavy atom. The number of rotatable bonds is 4. The summed E-state index contributed by atoms with van der Waals surface area (Å²) in [5.74, 6) is -0.475. The average Bonchev–Trinajstić information content (AvgIpc) is 2.88. The zero-order valence-corrected chi connectivity index (χ0v) is 10.4. The molecule has 0 aliphatic heterocycles. The van der Waals surface area contributed by atoms with Gasteiger partial charge in [0.1, 0.15) is 6.33 Å². The van der Waals surface area contributed by atoms with E-state index in [1.54, 1.807) is 23.7 Å². The van der Waals surface area contributed by atoms with Crippen LogP contribution in [0.5, 0.6) is 0 Å². The van der Waals surface area contributed by atoms with Crippen LogP contribution in [0.2, 0.25) is 0 Å². The normalized spacial score (nSPS) is 9.89. The Balaban J connectivity index is 2.07. The molecule has 0 saturated carbocycles. The van der Waals surface area contributed by atoms with Crippen molar-refractivity contribution in [3.05, 3.63) is 47.5 Å². The third kappa shape index (κ3) is 3.16. The molecule has 0 amide bonds. The highest BCUT2D eigenvalue weighted by Crippen LogP contribution is 2.05. The van der Waals surface area contributed by atoms with Crippen molar-refractivity contribution in [2.45, 2.75) is 13.5 Å². The largest absolute Gasteiger partial charge is 0.460 e. The molecule has 19 heavy (non-hydrogen) atoms. The smallest absolute Gasteiger partial charge is 0.378 e. The lowest BCUT2D eigenvalue weighted by molar-refractivity contribution is 0.0512. The molecular formula is C13H12N4O2. The van der Waals surface area contributed by atoms with Gasteiger partial charge in [0.25, 0.3) is 5.82 Å². The van der Waals surface area contributed by atoms with Crippen LogP contribution in [-0.2, 0) is 11.3 Å². The van der Waals surface area contributed by atoms with Crippen LogP contribution in [0, 0.1) is 11.3 Å². The summed E-state index contributed by atoms with van der Waals surface area (Å²) in [7, 11) is 0. The third-order valence-corrected chi connectivity index (χ3v) is 2.42. The van der Waals surface area contributed by atoms with Gasteiger partial charge in [-0.05, 0) is 24.6 Å². The van der Waals surface area contributed by atoms with E-state index in [-0.39, 0.29) is 5.82 Å². The maximum Gasteiger partial charge on any atom is 0.378 e. The predicted octanol–water partition coefficient (Wildman–Crippen LogP) is 1.37. The number of aromatic nitrogens is 3. The number of hydrogen-bond acceptors (Lipinski definition) is 5. The number of benzene rings is 1. The Morgan fingerprint density at radius 1 is 1.42 bits per heavy atom. The highest BCUT2D eigenvalue weighted by atomic mass is 16.5. The van der Waals surface area contributed by atoms with E-state index < -0.39 is 5.97 Å². The number of nitriles is 1. The van der Waals surface area contributed by atoms with E-state index in [4.69, 9.17) is 10.00 Å². The van der Waals surface area contributed by atoms with Crippen LogP contribution in [0.1, 0.15) is 28.7 Å². The molecule has 1 aromatic carbocycles. The summed E-state index contributed by atoms with van der Waals surface area (Å²) < 4.78 is 6.36. The molecular weight excluding hydrogens is 244 g/mol. The lowest BCUT2D eigenvalue weighted by Crippen LogP contribution is -2.08. The second-order valence-corrected chi connectivity index (χ2v) is 3.79. The Morgan fingerprint density at radius 2 is 2.16 bits per heavy atom. The zero-order chi connectivity index (χ0) is 13.7. The maximum absolute atomic E-state index is 11.4. The van der Waals surface area contributed by atoms with Gasteiger partial charge >= 0.3 is 5.97 Å². The molecule has 1 aromatic heterocycles. The molecule has 6 nitrogen and oxygen atoms in total. The molecule has 2 rings (SSSR count). The minimum atomic E-state index is -0.527. The number of hydrogen-bond donors (Lipinski definition) is 0. The van der Waals surface area contributed by atoms with E-state index in [1.165, 1.54) is 6.33 Å². The first kappa shape index (κ1) is 12.8. The second-order valence-electron chi connectivity index (χ2n) is 3.79. The number of esters is 1. The fourth-order valence-corrected chi connectivity index (χ4v) is 1.53. The van der Waals surface area contributed by atoms with Crippen molar-refractivity contribution in [2.24, 2.45) is 0 Å². The predicted molar refractivity (Wildman–Crippen MR) is 66.2 cm³/mol. The monoisotopic (exact) mass is 256 g/mol. The molecule has 1 heterocycles. The SMILES string of the molecule is CCOC(=O)c1ncn(Cc2ccc(C#N)cc2)n1. The summed E-state index contributed by atoms with van der Waals surface area (Å²) in [4.78, 5) is 15.3. The Bertz CT molecular complexity index is 610. The van der Waals surface area contributed by atoms with Gasteiger partial charge in [0, 0.05) is 0 Å². The van der Waals surface area contributed by atoms with Crippen LogP contribution in [0.25, 0.3) is 0 Å². The summed E-state index contributed by atoms with van der Waals surface area (Å²) in [6, 6.07) is 9.20. The zero-order valence-electron chi connectivity index (χ0n) is 10.4. The summed E-state index contributed by atoms with van der Waals surface area (Å²) in [5.41, 5.74) is 1.58. The van der Waals surface area contributed by atoms with Crippen molar-refractivity contribution in [1.29, 1.82) is 5.26 Å². The number of carbonyl (C=O) groups is 1. The number of nitrogens with zero attached hydrogens (tertiary/aromatic N) is 4. The van der Waals surface area contributed by atoms with Crippen LogP contribution in [0.4, 0.5) is 0 Å². The summed E-state index contributed by atoms with van der Waals surface area (Å²) in [6.07, 6.45) is 1.48. The van der Waals surface area contributed by atoms with E-state index in [9.17, 15) is 4.79 Å². The van der Waals surface area contributed by atoms with E-state index >= 15 is 0 Å². The second kappa shape index (κ2) is 5.78. The third-order valence-electron chi connectivity index (χ3n) is 2.42. The maximum atomic E-state index is 11.4. The van der Waals surface area contributed by atoms with Crippen LogP contribution in [0.3, 0.4) is 0 Å². The standard InChI is InChI=1S/C13H12N4O2/c1-2-19-13(18)12-15-9-17(16-12)8-11-5-3-10(7-14)4-6-11/h3-6,9H,2,8H2,1H3. The fourth-order valence-electron chi connectivity index (χ4n) is 1.53. The van der Waals surface area contributed by atoms with E-state index in [0.29, 0.717) is 18.7 Å². The molecule has 0 fully saturated rings. The fraction of sp³-hybridized carbons (Fsp3) is 0.231. The van der Waals surface area contributed by atoms with Gasteiger partial charge in [-0.1, -0.05) is 12.1 Å². The quantitative estimate of drug-likeness (QED) is 0.772. The topological polar surface area (TPSA) is 80.8 Å². The molecule has 0 unspecified atom stereocenters. The van der Waals surface area contributed by atoms with Crippen LogP contribution in [-0.4, -0.2) is 27.3 Å². The van der Waals surface area contributed by atoms with Gasteiger partial charge in [0.05, 0.1) is 24.8 Å². The first-order valence-electron chi connectivity index (χ1n) is 5.78. The Labute approximate surface area is 110 Å². The molecule has 0 bridgehead atoms. The van der Waals surface area contributed by atoms with Crippen molar-refractivity contribution in [2.75, 3.05) is 6.61 Å². The molecule has 6 heteroatoms. The minimum Gasteiger partial charge on any atom is -0.460 e. The van der Waals surface area contributed by atoms with Gasteiger partial charge in [-0.3, -0.25) is 0 Å². The van der Waals surface area contributed by atoms with Crippen LogP contribution in [0.15, 0.2) is 30.6 Å². The molecule has 0 aliphatic rings. The lowest BCUT2D eigenvalue weighted by atomic mass is 10.1. The van der Waals surface area contributed by atoms with E-state index in [0.717, 1.165) is 5.56 Å². The number of carbonyl (C=O) groups excluding carboxylic acids is 1. The van der Waals surface area contributed by atoms with Crippen molar-refractivity contribution in [3.63, 3.8) is 0 Å². The van der Waals surface area contributed by atoms with Crippen molar-refractivity contribution in [1.82, 2.24) is 14.8 Å². The molecule has 0 aliphatic carbocycles. The molecule has 96 valence electrons. The van der Waals surface area contributed by atoms with Gasteiger partial charge in [0.15, 0.2) is 0 Å². The van der Waals surface area contributed by atoms with Gasteiger partial charge in [-0.25, -0.2) is 14.5 Å². The Hall–Kier alpha value is -2.68. The highest BCUT2D eigenvalue weighted by molar-refractivity contribution is 5.84. The first-order chi connectivity index (χ1) is 9.22. The Kier molecular flexibility index (Phi) is 3.88. The molecule has 0 N–H and O–H groups in total. The van der Waals surface area contributed by atoms with Crippen LogP contribution >= 0.6 is 0 Å².